The molecule has 0 fully saturated rings. The highest BCUT2D eigenvalue weighted by Gasteiger charge is 2.12. The van der Waals surface area contributed by atoms with Crippen molar-refractivity contribution in [3.8, 4) is 34.1 Å². The third-order valence-electron chi connectivity index (χ3n) is 3.75. The van der Waals surface area contributed by atoms with Crippen LogP contribution in [0, 0.1) is 0 Å². The minimum Gasteiger partial charge on any atom is -0.334 e. The molecule has 2 aromatic carbocycles. The van der Waals surface area contributed by atoms with E-state index >= 15 is 0 Å². The standard InChI is InChI=1S/C18H13BrN4O/c1-23-16(9-10-20-23)13-3-2-4-14(11-13)17-21-18(24-22-17)12-5-7-15(19)8-6-12/h2-11H,1H3. The van der Waals surface area contributed by atoms with Gasteiger partial charge in [0.2, 0.25) is 5.82 Å². The van der Waals surface area contributed by atoms with E-state index in [9.17, 15) is 0 Å². The molecular weight excluding hydrogens is 368 g/mol. The average molecular weight is 381 g/mol. The molecule has 4 aromatic rings. The first kappa shape index (κ1) is 14.8. The van der Waals surface area contributed by atoms with Crippen molar-refractivity contribution in [3.63, 3.8) is 0 Å². The largest absolute Gasteiger partial charge is 0.334 e. The van der Waals surface area contributed by atoms with E-state index in [1.807, 2.05) is 66.3 Å². The van der Waals surface area contributed by atoms with Crippen molar-refractivity contribution in [2.75, 3.05) is 0 Å². The number of aromatic nitrogens is 4. The molecule has 5 nitrogen and oxygen atoms in total. The quantitative estimate of drug-likeness (QED) is 0.522. The van der Waals surface area contributed by atoms with Gasteiger partial charge in [-0.15, -0.1) is 0 Å². The molecule has 0 bridgehead atoms. The maximum Gasteiger partial charge on any atom is 0.258 e. The van der Waals surface area contributed by atoms with Crippen molar-refractivity contribution < 1.29 is 4.52 Å². The van der Waals surface area contributed by atoms with Crippen molar-refractivity contribution in [3.05, 3.63) is 65.3 Å². The SMILES string of the molecule is Cn1nccc1-c1cccc(-c2noc(-c3ccc(Br)cc3)n2)c1. The molecular formula is C18H13BrN4O. The van der Waals surface area contributed by atoms with Crippen molar-refractivity contribution in [1.29, 1.82) is 0 Å². The third-order valence-corrected chi connectivity index (χ3v) is 4.28. The average Bonchev–Trinajstić information content (AvgIpc) is 3.25. The number of hydrogen-bond donors (Lipinski definition) is 0. The lowest BCUT2D eigenvalue weighted by atomic mass is 10.1. The Morgan fingerprint density at radius 2 is 1.75 bits per heavy atom. The number of hydrogen-bond acceptors (Lipinski definition) is 4. The Labute approximate surface area is 147 Å². The maximum absolute atomic E-state index is 5.41. The Morgan fingerprint density at radius 3 is 2.50 bits per heavy atom. The van der Waals surface area contributed by atoms with Crippen molar-refractivity contribution in [1.82, 2.24) is 19.9 Å². The van der Waals surface area contributed by atoms with Crippen molar-refractivity contribution >= 4 is 15.9 Å². The molecule has 0 saturated carbocycles. The highest BCUT2D eigenvalue weighted by Crippen LogP contribution is 2.27. The monoisotopic (exact) mass is 380 g/mol. The minimum atomic E-state index is 0.503. The second kappa shape index (κ2) is 6.05. The maximum atomic E-state index is 5.41. The van der Waals surface area contributed by atoms with Crippen LogP contribution in [0.3, 0.4) is 0 Å². The molecule has 0 unspecified atom stereocenters. The van der Waals surface area contributed by atoms with Crippen LogP contribution in [-0.4, -0.2) is 19.9 Å². The van der Waals surface area contributed by atoms with Crippen LogP contribution in [0.1, 0.15) is 0 Å². The summed E-state index contributed by atoms with van der Waals surface area (Å²) in [4.78, 5) is 4.51. The first-order valence-corrected chi connectivity index (χ1v) is 8.18. The Morgan fingerprint density at radius 1 is 0.958 bits per heavy atom. The van der Waals surface area contributed by atoms with Crippen LogP contribution in [0.15, 0.2) is 69.8 Å². The first-order chi connectivity index (χ1) is 11.7. The van der Waals surface area contributed by atoms with Gasteiger partial charge >= 0.3 is 0 Å². The fraction of sp³-hybridized carbons (Fsp3) is 0.0556. The summed E-state index contributed by atoms with van der Waals surface area (Å²) in [5, 5.41) is 8.32. The molecule has 0 aliphatic heterocycles. The molecule has 0 amide bonds. The van der Waals surface area contributed by atoms with E-state index in [1.54, 1.807) is 6.20 Å². The molecule has 0 aliphatic rings. The zero-order chi connectivity index (χ0) is 16.5. The van der Waals surface area contributed by atoms with Crippen LogP contribution in [-0.2, 0) is 7.05 Å². The van der Waals surface area contributed by atoms with Gasteiger partial charge in [-0.1, -0.05) is 39.3 Å². The molecule has 0 atom stereocenters. The summed E-state index contributed by atoms with van der Waals surface area (Å²) >= 11 is 3.42. The minimum absolute atomic E-state index is 0.503. The van der Waals surface area contributed by atoms with E-state index in [-0.39, 0.29) is 0 Å². The molecule has 2 aromatic heterocycles. The van der Waals surface area contributed by atoms with Gasteiger partial charge in [-0.05, 0) is 36.4 Å². The molecule has 24 heavy (non-hydrogen) atoms. The van der Waals surface area contributed by atoms with Gasteiger partial charge in [0.25, 0.3) is 5.89 Å². The lowest BCUT2D eigenvalue weighted by Crippen LogP contribution is -1.93. The predicted octanol–water partition coefficient (Wildman–Crippen LogP) is 4.57. The van der Waals surface area contributed by atoms with Gasteiger partial charge in [-0.3, -0.25) is 4.68 Å². The fourth-order valence-electron chi connectivity index (χ4n) is 2.53. The molecule has 0 aliphatic carbocycles. The number of rotatable bonds is 3. The van der Waals surface area contributed by atoms with Gasteiger partial charge in [0.05, 0.1) is 5.69 Å². The van der Waals surface area contributed by atoms with Crippen LogP contribution in [0.4, 0.5) is 0 Å². The smallest absolute Gasteiger partial charge is 0.258 e. The lowest BCUT2D eigenvalue weighted by molar-refractivity contribution is 0.432. The molecule has 2 heterocycles. The normalized spacial score (nSPS) is 10.9. The van der Waals surface area contributed by atoms with E-state index in [0.717, 1.165) is 26.9 Å². The summed E-state index contributed by atoms with van der Waals surface area (Å²) in [5.74, 6) is 1.07. The summed E-state index contributed by atoms with van der Waals surface area (Å²) in [5.41, 5.74) is 3.89. The van der Waals surface area contributed by atoms with E-state index < -0.39 is 0 Å². The highest BCUT2D eigenvalue weighted by molar-refractivity contribution is 9.10. The number of nitrogens with zero attached hydrogens (tertiary/aromatic N) is 4. The second-order valence-corrected chi connectivity index (χ2v) is 6.27. The van der Waals surface area contributed by atoms with Crippen molar-refractivity contribution in [2.45, 2.75) is 0 Å². The molecule has 0 N–H and O–H groups in total. The third kappa shape index (κ3) is 2.76. The van der Waals surface area contributed by atoms with E-state index in [2.05, 4.69) is 31.2 Å². The summed E-state index contributed by atoms with van der Waals surface area (Å²) in [6.07, 6.45) is 1.78. The molecule has 0 saturated heterocycles. The second-order valence-electron chi connectivity index (χ2n) is 5.35. The molecule has 4 rings (SSSR count). The Kier molecular flexibility index (Phi) is 3.74. The Balaban J connectivity index is 1.70. The van der Waals surface area contributed by atoms with E-state index in [1.165, 1.54) is 0 Å². The van der Waals surface area contributed by atoms with Crippen LogP contribution in [0.5, 0.6) is 0 Å². The molecule has 0 spiro atoms. The Bertz CT molecular complexity index is 988. The van der Waals surface area contributed by atoms with E-state index in [4.69, 9.17) is 4.52 Å². The van der Waals surface area contributed by atoms with Gasteiger partial charge in [0.1, 0.15) is 0 Å². The highest BCUT2D eigenvalue weighted by atomic mass is 79.9. The summed E-state index contributed by atoms with van der Waals surface area (Å²) < 4.78 is 8.25. The number of aryl methyl sites for hydroxylation is 1. The molecule has 6 heteroatoms. The zero-order valence-corrected chi connectivity index (χ0v) is 14.4. The number of halogens is 1. The van der Waals surface area contributed by atoms with Crippen LogP contribution in [0.25, 0.3) is 34.1 Å². The van der Waals surface area contributed by atoms with Crippen LogP contribution in [0.2, 0.25) is 0 Å². The van der Waals surface area contributed by atoms with Gasteiger partial charge in [0.15, 0.2) is 0 Å². The lowest BCUT2D eigenvalue weighted by Gasteiger charge is -2.03. The van der Waals surface area contributed by atoms with Crippen LogP contribution >= 0.6 is 15.9 Å². The summed E-state index contributed by atoms with van der Waals surface area (Å²) in [6, 6.07) is 17.8. The van der Waals surface area contributed by atoms with Gasteiger partial charge in [-0.2, -0.15) is 10.1 Å². The predicted molar refractivity (Wildman–Crippen MR) is 95.1 cm³/mol. The first-order valence-electron chi connectivity index (χ1n) is 7.39. The number of benzene rings is 2. The van der Waals surface area contributed by atoms with Crippen LogP contribution < -0.4 is 0 Å². The molecule has 118 valence electrons. The van der Waals surface area contributed by atoms with E-state index in [0.29, 0.717) is 11.7 Å². The Hall–Kier alpha value is -2.73. The van der Waals surface area contributed by atoms with Gasteiger partial charge in [0, 0.05) is 34.4 Å². The fourth-order valence-corrected chi connectivity index (χ4v) is 2.79. The zero-order valence-electron chi connectivity index (χ0n) is 12.8. The molecule has 0 radical (unpaired) electrons. The summed E-state index contributed by atoms with van der Waals surface area (Å²) in [6.45, 7) is 0. The summed E-state index contributed by atoms with van der Waals surface area (Å²) in [7, 11) is 1.92. The van der Waals surface area contributed by atoms with Gasteiger partial charge in [-0.25, -0.2) is 0 Å². The van der Waals surface area contributed by atoms with Gasteiger partial charge < -0.3 is 4.52 Å². The topological polar surface area (TPSA) is 56.7 Å². The van der Waals surface area contributed by atoms with Crippen molar-refractivity contribution in [2.24, 2.45) is 7.05 Å².